The van der Waals surface area contributed by atoms with Crippen molar-refractivity contribution in [2.75, 3.05) is 17.0 Å². The summed E-state index contributed by atoms with van der Waals surface area (Å²) < 4.78 is 5.11. The zero-order valence-corrected chi connectivity index (χ0v) is 9.27. The van der Waals surface area contributed by atoms with Crippen LogP contribution in [0.4, 0.5) is 11.4 Å². The van der Waals surface area contributed by atoms with Gasteiger partial charge in [0.2, 0.25) is 0 Å². The Morgan fingerprint density at radius 1 is 1.50 bits per heavy atom. The molecule has 86 valence electrons. The SMILES string of the molecule is CCON1c2ccccc2NC1OC(C)=O. The van der Waals surface area contributed by atoms with E-state index in [1.54, 1.807) is 5.06 Å². The van der Waals surface area contributed by atoms with E-state index in [0.29, 0.717) is 6.61 Å². The Kier molecular flexibility index (Phi) is 2.96. The largest absolute Gasteiger partial charge is 0.420 e. The fourth-order valence-electron chi connectivity index (χ4n) is 1.62. The summed E-state index contributed by atoms with van der Waals surface area (Å²) in [4.78, 5) is 16.4. The van der Waals surface area contributed by atoms with E-state index in [0.717, 1.165) is 11.4 Å². The number of nitrogens with one attached hydrogen (secondary N) is 1. The first kappa shape index (κ1) is 10.8. The number of benzene rings is 1. The Hall–Kier alpha value is -1.75. The predicted octanol–water partition coefficient (Wildman–Crippen LogP) is 1.72. The first-order valence-corrected chi connectivity index (χ1v) is 5.17. The van der Waals surface area contributed by atoms with Crippen LogP contribution in [0.3, 0.4) is 0 Å². The molecule has 0 radical (unpaired) electrons. The molecule has 1 aromatic carbocycles. The van der Waals surface area contributed by atoms with Crippen LogP contribution in [0.5, 0.6) is 0 Å². The monoisotopic (exact) mass is 222 g/mol. The number of nitrogens with zero attached hydrogens (tertiary/aromatic N) is 1. The Labute approximate surface area is 93.9 Å². The highest BCUT2D eigenvalue weighted by Crippen LogP contribution is 2.34. The molecule has 0 fully saturated rings. The number of hydrogen-bond acceptors (Lipinski definition) is 5. The van der Waals surface area contributed by atoms with Gasteiger partial charge in [-0.2, -0.15) is 5.06 Å². The average molecular weight is 222 g/mol. The maximum absolute atomic E-state index is 11.0. The molecule has 0 aliphatic carbocycles. The molecule has 16 heavy (non-hydrogen) atoms. The molecule has 2 rings (SSSR count). The van der Waals surface area contributed by atoms with Gasteiger partial charge in [0, 0.05) is 6.92 Å². The predicted molar refractivity (Wildman–Crippen MR) is 59.7 cm³/mol. The molecule has 1 heterocycles. The van der Waals surface area contributed by atoms with Crippen molar-refractivity contribution in [1.82, 2.24) is 0 Å². The zero-order chi connectivity index (χ0) is 11.5. The third-order valence-electron chi connectivity index (χ3n) is 2.18. The molecule has 1 unspecified atom stereocenters. The van der Waals surface area contributed by atoms with E-state index >= 15 is 0 Å². The second-order valence-corrected chi connectivity index (χ2v) is 3.37. The molecule has 1 aliphatic rings. The van der Waals surface area contributed by atoms with Crippen LogP contribution in [0.1, 0.15) is 13.8 Å². The molecule has 0 bridgehead atoms. The van der Waals surface area contributed by atoms with E-state index in [9.17, 15) is 4.79 Å². The highest BCUT2D eigenvalue weighted by atomic mass is 16.7. The summed E-state index contributed by atoms with van der Waals surface area (Å²) in [6.45, 7) is 3.76. The lowest BCUT2D eigenvalue weighted by Crippen LogP contribution is -2.39. The zero-order valence-electron chi connectivity index (χ0n) is 9.27. The first-order valence-electron chi connectivity index (χ1n) is 5.17. The lowest BCUT2D eigenvalue weighted by atomic mass is 10.3. The lowest BCUT2D eigenvalue weighted by Gasteiger charge is -2.23. The molecule has 0 aromatic heterocycles. The topological polar surface area (TPSA) is 50.8 Å². The molecule has 5 heteroatoms. The van der Waals surface area contributed by atoms with Crippen LogP contribution in [0, 0.1) is 0 Å². The van der Waals surface area contributed by atoms with Gasteiger partial charge in [0.1, 0.15) is 0 Å². The summed E-state index contributed by atoms with van der Waals surface area (Å²) in [7, 11) is 0. The van der Waals surface area contributed by atoms with Gasteiger partial charge in [0.15, 0.2) is 0 Å². The minimum Gasteiger partial charge on any atom is -0.420 e. The highest BCUT2D eigenvalue weighted by molar-refractivity contribution is 5.75. The minimum atomic E-state index is -0.588. The van der Waals surface area contributed by atoms with Crippen LogP contribution in [-0.2, 0) is 14.4 Å². The number of carbonyl (C=O) groups is 1. The molecule has 0 amide bonds. The van der Waals surface area contributed by atoms with E-state index in [2.05, 4.69) is 5.32 Å². The van der Waals surface area contributed by atoms with Crippen LogP contribution < -0.4 is 10.4 Å². The fourth-order valence-corrected chi connectivity index (χ4v) is 1.62. The summed E-state index contributed by atoms with van der Waals surface area (Å²) in [5.74, 6) is -0.352. The van der Waals surface area contributed by atoms with Gasteiger partial charge in [-0.25, -0.2) is 0 Å². The van der Waals surface area contributed by atoms with Crippen LogP contribution >= 0.6 is 0 Å². The Morgan fingerprint density at radius 3 is 2.94 bits per heavy atom. The van der Waals surface area contributed by atoms with Crippen LogP contribution in [-0.4, -0.2) is 18.9 Å². The Bertz CT molecular complexity index is 395. The summed E-state index contributed by atoms with van der Waals surface area (Å²) in [5.41, 5.74) is 1.76. The van der Waals surface area contributed by atoms with Gasteiger partial charge < -0.3 is 10.1 Å². The van der Waals surface area contributed by atoms with E-state index < -0.39 is 6.35 Å². The number of hydroxylamine groups is 1. The molecule has 0 saturated heterocycles. The minimum absolute atomic E-state index is 0.352. The first-order chi connectivity index (χ1) is 7.72. The lowest BCUT2D eigenvalue weighted by molar-refractivity contribution is -0.148. The average Bonchev–Trinajstić information content (AvgIpc) is 2.57. The number of para-hydroxylation sites is 2. The normalized spacial score (nSPS) is 17.9. The fraction of sp³-hybridized carbons (Fsp3) is 0.364. The summed E-state index contributed by atoms with van der Waals surface area (Å²) in [6, 6.07) is 7.63. The van der Waals surface area contributed by atoms with Gasteiger partial charge in [0.05, 0.1) is 18.0 Å². The molecule has 0 saturated carbocycles. The second-order valence-electron chi connectivity index (χ2n) is 3.37. The van der Waals surface area contributed by atoms with Crippen LogP contribution in [0.2, 0.25) is 0 Å². The third kappa shape index (κ3) is 1.94. The van der Waals surface area contributed by atoms with Gasteiger partial charge >= 0.3 is 5.97 Å². The number of anilines is 2. The maximum Gasteiger partial charge on any atom is 0.305 e. The molecule has 5 nitrogen and oxygen atoms in total. The number of hydrogen-bond donors (Lipinski definition) is 1. The summed E-state index contributed by atoms with van der Waals surface area (Å²) >= 11 is 0. The summed E-state index contributed by atoms with van der Waals surface area (Å²) in [5, 5.41) is 4.62. The summed E-state index contributed by atoms with van der Waals surface area (Å²) in [6.07, 6.45) is -0.588. The van der Waals surface area contributed by atoms with Crippen molar-refractivity contribution >= 4 is 17.3 Å². The highest BCUT2D eigenvalue weighted by Gasteiger charge is 2.31. The van der Waals surface area contributed by atoms with Crippen LogP contribution in [0.15, 0.2) is 24.3 Å². The number of carbonyl (C=O) groups excluding carboxylic acids is 1. The standard InChI is InChI=1S/C11H14N2O3/c1-3-15-13-10-7-5-4-6-9(10)12-11(13)16-8(2)14/h4-7,11-12H,3H2,1-2H3. The maximum atomic E-state index is 11.0. The molecular weight excluding hydrogens is 208 g/mol. The van der Waals surface area contributed by atoms with Crippen molar-refractivity contribution in [2.24, 2.45) is 0 Å². The van der Waals surface area contributed by atoms with E-state index in [1.807, 2.05) is 31.2 Å². The molecule has 1 N–H and O–H groups in total. The number of fused-ring (bicyclic) bond motifs is 1. The van der Waals surface area contributed by atoms with Gasteiger partial charge in [-0.15, -0.1) is 0 Å². The third-order valence-corrected chi connectivity index (χ3v) is 2.18. The van der Waals surface area contributed by atoms with Crippen LogP contribution in [0.25, 0.3) is 0 Å². The van der Waals surface area contributed by atoms with Crippen molar-refractivity contribution in [1.29, 1.82) is 0 Å². The van der Waals surface area contributed by atoms with Gasteiger partial charge in [-0.1, -0.05) is 12.1 Å². The van der Waals surface area contributed by atoms with Gasteiger partial charge in [0.25, 0.3) is 6.35 Å². The Morgan fingerprint density at radius 2 is 2.25 bits per heavy atom. The van der Waals surface area contributed by atoms with Crippen molar-refractivity contribution < 1.29 is 14.4 Å². The molecule has 0 spiro atoms. The van der Waals surface area contributed by atoms with E-state index in [-0.39, 0.29) is 5.97 Å². The van der Waals surface area contributed by atoms with Crippen molar-refractivity contribution in [2.45, 2.75) is 20.2 Å². The quantitative estimate of drug-likeness (QED) is 0.789. The molecule has 1 atom stereocenters. The Balaban J connectivity index is 2.22. The second kappa shape index (κ2) is 4.40. The van der Waals surface area contributed by atoms with Crippen molar-refractivity contribution in [3.63, 3.8) is 0 Å². The number of rotatable bonds is 3. The van der Waals surface area contributed by atoms with E-state index in [1.165, 1.54) is 6.92 Å². The van der Waals surface area contributed by atoms with Crippen molar-refractivity contribution in [3.8, 4) is 0 Å². The number of ether oxygens (including phenoxy) is 1. The smallest absolute Gasteiger partial charge is 0.305 e. The van der Waals surface area contributed by atoms with Gasteiger partial charge in [-0.3, -0.25) is 9.63 Å². The van der Waals surface area contributed by atoms with E-state index in [4.69, 9.17) is 9.57 Å². The molecule has 1 aliphatic heterocycles. The molecule has 1 aromatic rings. The molecular formula is C11H14N2O3. The van der Waals surface area contributed by atoms with Crippen molar-refractivity contribution in [3.05, 3.63) is 24.3 Å². The van der Waals surface area contributed by atoms with Gasteiger partial charge in [-0.05, 0) is 19.1 Å². The number of esters is 1.